The van der Waals surface area contributed by atoms with Crippen LogP contribution in [0.15, 0.2) is 46.9 Å². The van der Waals surface area contributed by atoms with E-state index in [1.807, 2.05) is 26.0 Å². The van der Waals surface area contributed by atoms with Crippen molar-refractivity contribution in [2.75, 3.05) is 0 Å². The van der Waals surface area contributed by atoms with Crippen LogP contribution in [0.25, 0.3) is 33.9 Å². The van der Waals surface area contributed by atoms with E-state index in [-0.39, 0.29) is 5.69 Å². The number of furan rings is 1. The van der Waals surface area contributed by atoms with Gasteiger partial charge in [-0.15, -0.1) is 0 Å². The number of hydrogen-bond donors (Lipinski definition) is 1. The number of H-pyrrole nitrogens is 1. The highest BCUT2D eigenvalue weighted by Crippen LogP contribution is 2.32. The molecule has 0 atom stereocenters. The summed E-state index contributed by atoms with van der Waals surface area (Å²) in [6.07, 6.45) is 0. The van der Waals surface area contributed by atoms with E-state index in [0.717, 1.165) is 27.7 Å². The van der Waals surface area contributed by atoms with E-state index in [0.29, 0.717) is 17.3 Å². The summed E-state index contributed by atoms with van der Waals surface area (Å²) in [5.41, 5.74) is 5.87. The maximum Gasteiger partial charge on any atom is 0.269 e. The Morgan fingerprint density at radius 3 is 2.50 bits per heavy atom. The van der Waals surface area contributed by atoms with Crippen molar-refractivity contribution < 1.29 is 9.34 Å². The lowest BCUT2D eigenvalue weighted by molar-refractivity contribution is -0.384. The third-order valence-corrected chi connectivity index (χ3v) is 4.45. The molecule has 6 nitrogen and oxygen atoms in total. The minimum atomic E-state index is -0.400. The first-order valence-corrected chi connectivity index (χ1v) is 8.25. The number of aromatic nitrogens is 2. The van der Waals surface area contributed by atoms with Crippen LogP contribution >= 0.6 is 0 Å². The Morgan fingerprint density at radius 2 is 1.77 bits per heavy atom. The SMILES string of the molecule is Cc1cc(C)c2nc(-c3ccc(-c4ccc([N+](=O)[O-])cc4C)o3)[nH]c2c1. The second kappa shape index (κ2) is 5.84. The number of nitro groups is 1. The molecule has 2 aromatic heterocycles. The molecule has 1 N–H and O–H groups in total. The average Bonchev–Trinajstić information content (AvgIpc) is 3.21. The molecule has 26 heavy (non-hydrogen) atoms. The molecule has 0 amide bonds. The predicted octanol–water partition coefficient (Wildman–Crippen LogP) is 5.32. The number of nitrogens with zero attached hydrogens (tertiary/aromatic N) is 2. The number of rotatable bonds is 3. The minimum absolute atomic E-state index is 0.0705. The van der Waals surface area contributed by atoms with E-state index in [1.54, 1.807) is 12.1 Å². The zero-order chi connectivity index (χ0) is 18.4. The number of aromatic amines is 1. The Hall–Kier alpha value is -3.41. The molecule has 0 saturated heterocycles. The lowest BCUT2D eigenvalue weighted by atomic mass is 10.1. The number of benzene rings is 2. The zero-order valence-corrected chi connectivity index (χ0v) is 14.7. The molecule has 4 aromatic rings. The number of aryl methyl sites for hydroxylation is 3. The topological polar surface area (TPSA) is 85.0 Å². The van der Waals surface area contributed by atoms with Crippen molar-refractivity contribution in [1.29, 1.82) is 0 Å². The predicted molar refractivity (Wildman–Crippen MR) is 100 cm³/mol. The molecular weight excluding hydrogens is 330 g/mol. The van der Waals surface area contributed by atoms with Crippen LogP contribution in [0.1, 0.15) is 16.7 Å². The van der Waals surface area contributed by atoms with Crippen molar-refractivity contribution in [2.24, 2.45) is 0 Å². The van der Waals surface area contributed by atoms with Crippen molar-refractivity contribution in [2.45, 2.75) is 20.8 Å². The summed E-state index contributed by atoms with van der Waals surface area (Å²) < 4.78 is 5.97. The van der Waals surface area contributed by atoms with Crippen LogP contribution in [0.3, 0.4) is 0 Å². The number of non-ortho nitro benzene ring substituents is 1. The Kier molecular flexibility index (Phi) is 3.61. The summed E-state index contributed by atoms with van der Waals surface area (Å²) in [5.74, 6) is 1.95. The van der Waals surface area contributed by atoms with E-state index in [1.165, 1.54) is 11.6 Å². The molecule has 0 unspecified atom stereocenters. The van der Waals surface area contributed by atoms with Gasteiger partial charge in [-0.25, -0.2) is 4.98 Å². The van der Waals surface area contributed by atoms with Gasteiger partial charge in [-0.2, -0.15) is 0 Å². The van der Waals surface area contributed by atoms with Gasteiger partial charge in [-0.3, -0.25) is 10.1 Å². The van der Waals surface area contributed by atoms with E-state index >= 15 is 0 Å². The highest BCUT2D eigenvalue weighted by molar-refractivity contribution is 5.82. The number of nitro benzene ring substituents is 1. The zero-order valence-electron chi connectivity index (χ0n) is 14.7. The molecule has 2 heterocycles. The Balaban J connectivity index is 1.75. The van der Waals surface area contributed by atoms with Crippen LogP contribution in [0.2, 0.25) is 0 Å². The molecule has 0 aliphatic heterocycles. The van der Waals surface area contributed by atoms with Gasteiger partial charge in [0.25, 0.3) is 5.69 Å². The van der Waals surface area contributed by atoms with Gasteiger partial charge in [0, 0.05) is 17.7 Å². The Bertz CT molecular complexity index is 1150. The molecule has 0 bridgehead atoms. The summed E-state index contributed by atoms with van der Waals surface area (Å²) in [6.45, 7) is 5.92. The van der Waals surface area contributed by atoms with Crippen molar-refractivity contribution in [3.8, 4) is 22.9 Å². The molecule has 0 aliphatic rings. The molecule has 130 valence electrons. The Morgan fingerprint density at radius 1 is 1.00 bits per heavy atom. The smallest absolute Gasteiger partial charge is 0.269 e. The molecule has 0 fully saturated rings. The van der Waals surface area contributed by atoms with Gasteiger partial charge < -0.3 is 9.40 Å². The first-order chi connectivity index (χ1) is 12.4. The van der Waals surface area contributed by atoms with E-state index < -0.39 is 4.92 Å². The molecule has 6 heteroatoms. The van der Waals surface area contributed by atoms with Gasteiger partial charge in [0.1, 0.15) is 5.76 Å². The van der Waals surface area contributed by atoms with Crippen molar-refractivity contribution >= 4 is 16.7 Å². The van der Waals surface area contributed by atoms with Gasteiger partial charge in [0.15, 0.2) is 11.6 Å². The quantitative estimate of drug-likeness (QED) is 0.401. The van der Waals surface area contributed by atoms with Gasteiger partial charge in [0.05, 0.1) is 16.0 Å². The van der Waals surface area contributed by atoms with E-state index in [2.05, 4.69) is 29.0 Å². The summed E-state index contributed by atoms with van der Waals surface area (Å²) in [6, 6.07) is 12.6. The fraction of sp³-hybridized carbons (Fsp3) is 0.150. The van der Waals surface area contributed by atoms with Crippen LogP contribution in [-0.2, 0) is 0 Å². The fourth-order valence-electron chi connectivity index (χ4n) is 3.24. The Labute approximate surface area is 149 Å². The van der Waals surface area contributed by atoms with Crippen LogP contribution in [-0.4, -0.2) is 14.9 Å². The third-order valence-electron chi connectivity index (χ3n) is 4.45. The van der Waals surface area contributed by atoms with Gasteiger partial charge in [-0.05, 0) is 61.7 Å². The largest absolute Gasteiger partial charge is 0.453 e. The monoisotopic (exact) mass is 347 g/mol. The maximum atomic E-state index is 10.9. The van der Waals surface area contributed by atoms with Gasteiger partial charge in [-0.1, -0.05) is 6.07 Å². The van der Waals surface area contributed by atoms with E-state index in [4.69, 9.17) is 4.42 Å². The number of imidazole rings is 1. The lowest BCUT2D eigenvalue weighted by Crippen LogP contribution is -1.89. The molecule has 4 rings (SSSR count). The van der Waals surface area contributed by atoms with Crippen LogP contribution in [0, 0.1) is 30.9 Å². The lowest BCUT2D eigenvalue weighted by Gasteiger charge is -2.02. The average molecular weight is 347 g/mol. The summed E-state index contributed by atoms with van der Waals surface area (Å²) >= 11 is 0. The van der Waals surface area contributed by atoms with Crippen molar-refractivity contribution in [3.63, 3.8) is 0 Å². The normalized spacial score (nSPS) is 11.2. The maximum absolute atomic E-state index is 10.9. The molecule has 0 radical (unpaired) electrons. The van der Waals surface area contributed by atoms with Crippen LogP contribution < -0.4 is 0 Å². The molecular formula is C20H17N3O3. The van der Waals surface area contributed by atoms with Gasteiger partial charge in [0.2, 0.25) is 0 Å². The summed E-state index contributed by atoms with van der Waals surface area (Å²) in [4.78, 5) is 18.5. The standard InChI is InChI=1S/C20H17N3O3/c1-11-8-13(3)19-16(9-11)21-20(22-19)18-7-6-17(26-18)15-5-4-14(23(24)25)10-12(15)2/h4-10H,1-3H3,(H,21,22). The van der Waals surface area contributed by atoms with Crippen LogP contribution in [0.4, 0.5) is 5.69 Å². The fourth-order valence-corrected chi connectivity index (χ4v) is 3.24. The third kappa shape index (κ3) is 2.65. The summed E-state index contributed by atoms with van der Waals surface area (Å²) in [5, 5.41) is 10.9. The second-order valence-electron chi connectivity index (χ2n) is 6.48. The summed E-state index contributed by atoms with van der Waals surface area (Å²) in [7, 11) is 0. The number of nitrogens with one attached hydrogen (secondary N) is 1. The van der Waals surface area contributed by atoms with Crippen LogP contribution in [0.5, 0.6) is 0 Å². The first kappa shape index (κ1) is 16.1. The molecule has 0 saturated carbocycles. The molecule has 0 aliphatic carbocycles. The highest BCUT2D eigenvalue weighted by Gasteiger charge is 2.15. The molecule has 2 aromatic carbocycles. The number of hydrogen-bond acceptors (Lipinski definition) is 4. The van der Waals surface area contributed by atoms with E-state index in [9.17, 15) is 10.1 Å². The van der Waals surface area contributed by atoms with Crippen molar-refractivity contribution in [1.82, 2.24) is 9.97 Å². The van der Waals surface area contributed by atoms with Crippen molar-refractivity contribution in [3.05, 3.63) is 69.3 Å². The second-order valence-corrected chi connectivity index (χ2v) is 6.48. The minimum Gasteiger partial charge on any atom is -0.453 e. The number of fused-ring (bicyclic) bond motifs is 1. The van der Waals surface area contributed by atoms with Gasteiger partial charge >= 0.3 is 0 Å². The molecule has 0 spiro atoms. The highest BCUT2D eigenvalue weighted by atomic mass is 16.6. The first-order valence-electron chi connectivity index (χ1n) is 8.25.